The molecule has 0 unspecified atom stereocenters. The fourth-order valence-corrected chi connectivity index (χ4v) is 2.59. The molecule has 1 fully saturated rings. The van der Waals surface area contributed by atoms with Gasteiger partial charge in [0, 0.05) is 17.3 Å². The molecule has 0 bridgehead atoms. The zero-order chi connectivity index (χ0) is 12.3. The summed E-state index contributed by atoms with van der Waals surface area (Å²) in [5.74, 6) is 0.564. The molecule has 1 aromatic rings. The molecular formula is C14H18N2S. The normalized spacial score (nSPS) is 15.8. The van der Waals surface area contributed by atoms with Gasteiger partial charge >= 0.3 is 0 Å². The molecule has 1 aliphatic rings. The predicted octanol–water partition coefficient (Wildman–Crippen LogP) is 4.00. The van der Waals surface area contributed by atoms with E-state index in [1.165, 1.54) is 25.7 Å². The average Bonchev–Trinajstić information content (AvgIpc) is 2.83. The van der Waals surface area contributed by atoms with Gasteiger partial charge in [0.2, 0.25) is 0 Å². The highest BCUT2D eigenvalue weighted by Gasteiger charge is 2.19. The van der Waals surface area contributed by atoms with E-state index in [-0.39, 0.29) is 0 Å². The molecule has 2 N–H and O–H groups in total. The average molecular weight is 246 g/mol. The third-order valence-corrected chi connectivity index (χ3v) is 3.75. The highest BCUT2D eigenvalue weighted by molar-refractivity contribution is 7.80. The Morgan fingerprint density at radius 1 is 1.24 bits per heavy atom. The van der Waals surface area contributed by atoms with E-state index in [9.17, 15) is 0 Å². The predicted molar refractivity (Wildman–Crippen MR) is 77.1 cm³/mol. The molecule has 1 saturated carbocycles. The van der Waals surface area contributed by atoms with Crippen LogP contribution in [0.4, 0.5) is 5.69 Å². The van der Waals surface area contributed by atoms with Crippen LogP contribution in [0, 0.1) is 11.3 Å². The number of benzene rings is 1. The van der Waals surface area contributed by atoms with E-state index >= 15 is 0 Å². The fourth-order valence-electron chi connectivity index (χ4n) is 2.24. The first-order valence-electron chi connectivity index (χ1n) is 6.13. The lowest BCUT2D eigenvalue weighted by molar-refractivity contribution is 0.738. The molecule has 3 heteroatoms. The van der Waals surface area contributed by atoms with Gasteiger partial charge in [0.25, 0.3) is 0 Å². The maximum Gasteiger partial charge on any atom is 0.0828 e. The highest BCUT2D eigenvalue weighted by Crippen LogP contribution is 2.26. The van der Waals surface area contributed by atoms with Crippen LogP contribution in [0.25, 0.3) is 0 Å². The molecule has 0 spiro atoms. The maximum atomic E-state index is 7.54. The quantitative estimate of drug-likeness (QED) is 0.624. The molecule has 2 rings (SSSR count). The number of hydrogen-bond acceptors (Lipinski definition) is 2. The van der Waals surface area contributed by atoms with Crippen LogP contribution in [0.15, 0.2) is 24.3 Å². The summed E-state index contributed by atoms with van der Waals surface area (Å²) in [4.78, 5) is 0.974. The van der Waals surface area contributed by atoms with Gasteiger partial charge in [-0.2, -0.15) is 0 Å². The molecular weight excluding hydrogens is 228 g/mol. The third-order valence-electron chi connectivity index (χ3n) is 3.31. The van der Waals surface area contributed by atoms with E-state index in [2.05, 4.69) is 5.32 Å². The van der Waals surface area contributed by atoms with Crippen LogP contribution in [-0.2, 0) is 0 Å². The Morgan fingerprint density at radius 2 is 1.82 bits per heavy atom. The Labute approximate surface area is 108 Å². The fraction of sp³-hybridized carbons (Fsp3) is 0.429. The van der Waals surface area contributed by atoms with Gasteiger partial charge in [0.15, 0.2) is 0 Å². The highest BCUT2D eigenvalue weighted by atomic mass is 32.1. The minimum Gasteiger partial charge on any atom is -0.350 e. The van der Waals surface area contributed by atoms with Gasteiger partial charge < -0.3 is 10.7 Å². The summed E-state index contributed by atoms with van der Waals surface area (Å²) in [7, 11) is 0. The van der Waals surface area contributed by atoms with Gasteiger partial charge in [-0.15, -0.1) is 0 Å². The van der Waals surface area contributed by atoms with Crippen molar-refractivity contribution in [3.8, 4) is 0 Å². The van der Waals surface area contributed by atoms with Crippen LogP contribution in [0.3, 0.4) is 0 Å². The molecule has 2 nitrogen and oxygen atoms in total. The second kappa shape index (κ2) is 5.41. The maximum absolute atomic E-state index is 7.54. The zero-order valence-electron chi connectivity index (χ0n) is 10.1. The van der Waals surface area contributed by atoms with Crippen LogP contribution in [0.2, 0.25) is 0 Å². The largest absolute Gasteiger partial charge is 0.350 e. The van der Waals surface area contributed by atoms with Crippen LogP contribution < -0.4 is 5.32 Å². The molecule has 0 aliphatic heterocycles. The molecule has 1 aliphatic carbocycles. The Morgan fingerprint density at radius 3 is 2.35 bits per heavy atom. The van der Waals surface area contributed by atoms with Crippen molar-refractivity contribution >= 4 is 28.6 Å². The van der Waals surface area contributed by atoms with Crippen molar-refractivity contribution in [2.75, 3.05) is 5.32 Å². The summed E-state index contributed by atoms with van der Waals surface area (Å²) in [5, 5.41) is 10.8. The van der Waals surface area contributed by atoms with Crippen molar-refractivity contribution in [1.29, 1.82) is 5.41 Å². The summed E-state index contributed by atoms with van der Waals surface area (Å²) < 4.78 is 0. The van der Waals surface area contributed by atoms with Gasteiger partial charge in [-0.05, 0) is 37.5 Å². The SMILES string of the molecule is CC(=N)c1ccc(NC(=S)C2CCCC2)cc1. The first-order valence-corrected chi connectivity index (χ1v) is 6.54. The van der Waals surface area contributed by atoms with Crippen molar-refractivity contribution in [3.05, 3.63) is 29.8 Å². The minimum atomic E-state index is 0.564. The second-order valence-electron chi connectivity index (χ2n) is 4.67. The number of hydrogen-bond donors (Lipinski definition) is 2. The topological polar surface area (TPSA) is 35.9 Å². The van der Waals surface area contributed by atoms with Crippen LogP contribution in [0.1, 0.15) is 38.2 Å². The van der Waals surface area contributed by atoms with E-state index in [4.69, 9.17) is 17.6 Å². The Balaban J connectivity index is 1.98. The third kappa shape index (κ3) is 3.13. The van der Waals surface area contributed by atoms with E-state index in [1.54, 1.807) is 6.92 Å². The van der Waals surface area contributed by atoms with Gasteiger partial charge in [-0.1, -0.05) is 37.2 Å². The van der Waals surface area contributed by atoms with E-state index in [0.29, 0.717) is 11.6 Å². The lowest BCUT2D eigenvalue weighted by Crippen LogP contribution is -2.18. The molecule has 0 aromatic heterocycles. The molecule has 17 heavy (non-hydrogen) atoms. The van der Waals surface area contributed by atoms with Crippen LogP contribution in [-0.4, -0.2) is 10.7 Å². The summed E-state index contributed by atoms with van der Waals surface area (Å²) in [6.45, 7) is 1.80. The van der Waals surface area contributed by atoms with Gasteiger partial charge in [-0.3, -0.25) is 0 Å². The Kier molecular flexibility index (Phi) is 3.89. The summed E-state index contributed by atoms with van der Waals surface area (Å²) in [6, 6.07) is 7.91. The summed E-state index contributed by atoms with van der Waals surface area (Å²) >= 11 is 5.43. The van der Waals surface area contributed by atoms with E-state index in [1.807, 2.05) is 24.3 Å². The van der Waals surface area contributed by atoms with Crippen molar-refractivity contribution < 1.29 is 0 Å². The molecule has 0 atom stereocenters. The summed E-state index contributed by atoms with van der Waals surface area (Å²) in [6.07, 6.45) is 5.06. The van der Waals surface area contributed by atoms with Crippen LogP contribution >= 0.6 is 12.2 Å². The van der Waals surface area contributed by atoms with E-state index < -0.39 is 0 Å². The van der Waals surface area contributed by atoms with Gasteiger partial charge in [0.1, 0.15) is 0 Å². The second-order valence-corrected chi connectivity index (χ2v) is 5.11. The summed E-state index contributed by atoms with van der Waals surface area (Å²) in [5.41, 5.74) is 2.59. The molecule has 90 valence electrons. The minimum absolute atomic E-state index is 0.564. The van der Waals surface area contributed by atoms with Crippen molar-refractivity contribution in [2.24, 2.45) is 5.92 Å². The molecule has 1 aromatic carbocycles. The lowest BCUT2D eigenvalue weighted by atomic mass is 10.1. The first-order chi connectivity index (χ1) is 8.16. The first kappa shape index (κ1) is 12.2. The van der Waals surface area contributed by atoms with Gasteiger partial charge in [0.05, 0.1) is 4.99 Å². The standard InChI is InChI=1S/C14H18N2S/c1-10(15)11-6-8-13(9-7-11)16-14(17)12-4-2-3-5-12/h6-9,12,15H,2-5H2,1H3,(H,16,17). The number of rotatable bonds is 3. The van der Waals surface area contributed by atoms with E-state index in [0.717, 1.165) is 16.2 Å². The molecule has 0 heterocycles. The smallest absolute Gasteiger partial charge is 0.0828 e. The monoisotopic (exact) mass is 246 g/mol. The lowest BCUT2D eigenvalue weighted by Gasteiger charge is -2.13. The van der Waals surface area contributed by atoms with Crippen molar-refractivity contribution in [1.82, 2.24) is 0 Å². The number of anilines is 1. The number of thiocarbonyl (C=S) groups is 1. The molecule has 0 radical (unpaired) electrons. The Bertz CT molecular complexity index is 416. The van der Waals surface area contributed by atoms with Crippen LogP contribution in [0.5, 0.6) is 0 Å². The van der Waals surface area contributed by atoms with Gasteiger partial charge in [-0.25, -0.2) is 0 Å². The van der Waals surface area contributed by atoms with Crippen molar-refractivity contribution in [3.63, 3.8) is 0 Å². The molecule has 0 amide bonds. The Hall–Kier alpha value is -1.22. The number of nitrogens with one attached hydrogen (secondary N) is 2. The van der Waals surface area contributed by atoms with Crippen molar-refractivity contribution in [2.45, 2.75) is 32.6 Å². The zero-order valence-corrected chi connectivity index (χ0v) is 10.9. The molecule has 0 saturated heterocycles.